The van der Waals surface area contributed by atoms with Crippen LogP contribution in [0.1, 0.15) is 11.1 Å². The maximum absolute atomic E-state index is 2.47. The Balaban J connectivity index is 1.31. The summed E-state index contributed by atoms with van der Waals surface area (Å²) in [6.07, 6.45) is 0. The van der Waals surface area contributed by atoms with Crippen LogP contribution in [0.5, 0.6) is 0 Å². The van der Waals surface area contributed by atoms with Crippen LogP contribution in [-0.4, -0.2) is 6.71 Å². The zero-order valence-corrected chi connectivity index (χ0v) is 26.6. The first-order chi connectivity index (χ1) is 23.1. The summed E-state index contributed by atoms with van der Waals surface area (Å²) in [6, 6.07) is 60.2. The van der Waals surface area contributed by atoms with Crippen LogP contribution >= 0.6 is 0 Å². The number of benzene rings is 7. The lowest BCUT2D eigenvalue weighted by Crippen LogP contribution is -2.61. The number of anilines is 6. The highest BCUT2D eigenvalue weighted by Crippen LogP contribution is 2.44. The maximum Gasteiger partial charge on any atom is 0.252 e. The molecule has 2 aliphatic heterocycles. The number of hydrogen-bond donors (Lipinski definition) is 0. The number of aryl methyl sites for hydroxylation is 2. The molecule has 0 saturated heterocycles. The average Bonchev–Trinajstić information content (AvgIpc) is 3.13. The molecule has 47 heavy (non-hydrogen) atoms. The average molecular weight is 601 g/mol. The predicted octanol–water partition coefficient (Wildman–Crippen LogP) is 9.72. The van der Waals surface area contributed by atoms with Crippen molar-refractivity contribution in [3.8, 4) is 22.3 Å². The largest absolute Gasteiger partial charge is 0.311 e. The highest BCUT2D eigenvalue weighted by molar-refractivity contribution is 7.00. The van der Waals surface area contributed by atoms with Gasteiger partial charge in [0, 0.05) is 34.1 Å². The van der Waals surface area contributed by atoms with E-state index in [1.54, 1.807) is 0 Å². The van der Waals surface area contributed by atoms with E-state index in [1.807, 2.05) is 0 Å². The fourth-order valence-electron chi connectivity index (χ4n) is 7.54. The quantitative estimate of drug-likeness (QED) is 0.186. The van der Waals surface area contributed by atoms with Crippen LogP contribution in [0.15, 0.2) is 164 Å². The second-order valence-electron chi connectivity index (χ2n) is 12.8. The van der Waals surface area contributed by atoms with Crippen molar-refractivity contribution < 1.29 is 0 Å². The first-order valence-corrected chi connectivity index (χ1v) is 16.4. The Hall–Kier alpha value is -5.80. The van der Waals surface area contributed by atoms with E-state index in [-0.39, 0.29) is 6.71 Å². The summed E-state index contributed by atoms with van der Waals surface area (Å²) in [5.74, 6) is 0. The summed E-state index contributed by atoms with van der Waals surface area (Å²) in [7, 11) is 0. The Bertz CT molecular complexity index is 2260. The maximum atomic E-state index is 2.47. The summed E-state index contributed by atoms with van der Waals surface area (Å²) < 4.78 is 0. The molecule has 2 aliphatic rings. The van der Waals surface area contributed by atoms with E-state index < -0.39 is 0 Å². The van der Waals surface area contributed by atoms with Crippen LogP contribution < -0.4 is 26.2 Å². The molecule has 0 aromatic heterocycles. The van der Waals surface area contributed by atoms with Crippen molar-refractivity contribution in [3.63, 3.8) is 0 Å². The van der Waals surface area contributed by atoms with Crippen LogP contribution in [0.4, 0.5) is 34.1 Å². The standard InChI is InChI=1S/C44H33BN2/c1-30-16-22-36(23-17-30)47-42-15-9-14-41-44(42)45(38-26-18-31(2)28-43(38)47)39-29-35(33-12-7-4-8-13-33)21-27-40(39)46(41)37-24-19-34(20-25-37)32-10-5-3-6-11-32/h3-29H,1-2H3. The van der Waals surface area contributed by atoms with Crippen LogP contribution in [0.2, 0.25) is 0 Å². The van der Waals surface area contributed by atoms with Crippen molar-refractivity contribution in [1.29, 1.82) is 0 Å². The van der Waals surface area contributed by atoms with Crippen molar-refractivity contribution in [3.05, 3.63) is 175 Å². The molecule has 7 aromatic carbocycles. The van der Waals surface area contributed by atoms with Gasteiger partial charge in [0.15, 0.2) is 0 Å². The van der Waals surface area contributed by atoms with Gasteiger partial charge in [0.2, 0.25) is 0 Å². The van der Waals surface area contributed by atoms with Crippen LogP contribution in [-0.2, 0) is 0 Å². The lowest BCUT2D eigenvalue weighted by atomic mass is 9.33. The van der Waals surface area contributed by atoms with Crippen LogP contribution in [0, 0.1) is 13.8 Å². The molecule has 0 bridgehead atoms. The van der Waals surface area contributed by atoms with Crippen molar-refractivity contribution in [1.82, 2.24) is 0 Å². The van der Waals surface area contributed by atoms with Gasteiger partial charge in [-0.3, -0.25) is 0 Å². The SMILES string of the molecule is Cc1ccc(N2c3cc(C)ccc3B3c4cc(-c5ccccc5)ccc4N(c4ccc(-c5ccccc5)cc4)c4cccc2c43)cc1. The van der Waals surface area contributed by atoms with Crippen molar-refractivity contribution in [2.75, 3.05) is 9.80 Å². The van der Waals surface area contributed by atoms with E-state index in [1.165, 1.54) is 78.2 Å². The fraction of sp³-hybridized carbons (Fsp3) is 0.0455. The molecule has 2 heterocycles. The topological polar surface area (TPSA) is 6.48 Å². The normalized spacial score (nSPS) is 12.8. The summed E-state index contributed by atoms with van der Waals surface area (Å²) >= 11 is 0. The van der Waals surface area contributed by atoms with Crippen molar-refractivity contribution >= 4 is 57.2 Å². The molecule has 0 aliphatic carbocycles. The molecule has 7 aromatic rings. The number of rotatable bonds is 4. The zero-order valence-electron chi connectivity index (χ0n) is 26.6. The summed E-state index contributed by atoms with van der Waals surface area (Å²) in [5.41, 5.74) is 18.7. The highest BCUT2D eigenvalue weighted by Gasteiger charge is 2.43. The Morgan fingerprint density at radius 1 is 0.362 bits per heavy atom. The molecule has 0 spiro atoms. The monoisotopic (exact) mass is 600 g/mol. The first-order valence-electron chi connectivity index (χ1n) is 16.4. The molecule has 0 unspecified atom stereocenters. The number of nitrogens with zero attached hydrogens (tertiary/aromatic N) is 2. The summed E-state index contributed by atoms with van der Waals surface area (Å²) in [5, 5.41) is 0. The third-order valence-corrected chi connectivity index (χ3v) is 9.78. The van der Waals surface area contributed by atoms with Gasteiger partial charge in [0.25, 0.3) is 6.71 Å². The summed E-state index contributed by atoms with van der Waals surface area (Å²) in [6.45, 7) is 4.45. The van der Waals surface area contributed by atoms with Crippen LogP contribution in [0.25, 0.3) is 22.3 Å². The van der Waals surface area contributed by atoms with E-state index in [2.05, 4.69) is 187 Å². The van der Waals surface area contributed by atoms with Gasteiger partial charge in [-0.05, 0) is 107 Å². The van der Waals surface area contributed by atoms with Gasteiger partial charge < -0.3 is 9.80 Å². The molecule has 2 nitrogen and oxygen atoms in total. The van der Waals surface area contributed by atoms with Gasteiger partial charge in [0.1, 0.15) is 0 Å². The van der Waals surface area contributed by atoms with E-state index in [4.69, 9.17) is 0 Å². The molecule has 222 valence electrons. The van der Waals surface area contributed by atoms with Gasteiger partial charge in [-0.1, -0.05) is 121 Å². The minimum atomic E-state index is 0.0944. The summed E-state index contributed by atoms with van der Waals surface area (Å²) in [4.78, 5) is 4.94. The number of fused-ring (bicyclic) bond motifs is 4. The lowest BCUT2D eigenvalue weighted by Gasteiger charge is -2.44. The van der Waals surface area contributed by atoms with E-state index in [0.717, 1.165) is 5.69 Å². The highest BCUT2D eigenvalue weighted by atomic mass is 15.2. The Morgan fingerprint density at radius 2 is 0.894 bits per heavy atom. The Kier molecular flexibility index (Phi) is 6.40. The van der Waals surface area contributed by atoms with E-state index in [9.17, 15) is 0 Å². The molecule has 0 amide bonds. The van der Waals surface area contributed by atoms with Crippen molar-refractivity contribution in [2.24, 2.45) is 0 Å². The van der Waals surface area contributed by atoms with Gasteiger partial charge in [0.05, 0.1) is 0 Å². The number of hydrogen-bond acceptors (Lipinski definition) is 2. The molecular weight excluding hydrogens is 567 g/mol. The molecule has 0 saturated carbocycles. The molecule has 9 rings (SSSR count). The Morgan fingerprint density at radius 3 is 1.55 bits per heavy atom. The molecule has 3 heteroatoms. The zero-order chi connectivity index (χ0) is 31.5. The first kappa shape index (κ1) is 27.5. The Labute approximate surface area is 277 Å². The molecule has 0 fully saturated rings. The van der Waals surface area contributed by atoms with Gasteiger partial charge in [-0.2, -0.15) is 0 Å². The minimum absolute atomic E-state index is 0.0944. The third kappa shape index (κ3) is 4.50. The van der Waals surface area contributed by atoms with Gasteiger partial charge in [-0.15, -0.1) is 0 Å². The second-order valence-corrected chi connectivity index (χ2v) is 12.8. The second kappa shape index (κ2) is 10.9. The van der Waals surface area contributed by atoms with E-state index >= 15 is 0 Å². The third-order valence-electron chi connectivity index (χ3n) is 9.78. The smallest absolute Gasteiger partial charge is 0.252 e. The van der Waals surface area contributed by atoms with Gasteiger partial charge in [-0.25, -0.2) is 0 Å². The minimum Gasteiger partial charge on any atom is -0.311 e. The molecule has 0 N–H and O–H groups in total. The van der Waals surface area contributed by atoms with E-state index in [0.29, 0.717) is 0 Å². The van der Waals surface area contributed by atoms with Crippen LogP contribution in [0.3, 0.4) is 0 Å². The van der Waals surface area contributed by atoms with Crippen molar-refractivity contribution in [2.45, 2.75) is 13.8 Å². The lowest BCUT2D eigenvalue weighted by molar-refractivity contribution is 1.24. The molecule has 0 radical (unpaired) electrons. The predicted molar refractivity (Wildman–Crippen MR) is 201 cm³/mol. The van der Waals surface area contributed by atoms with Gasteiger partial charge >= 0.3 is 0 Å². The molecular formula is C44H33BN2. The fourth-order valence-corrected chi connectivity index (χ4v) is 7.54. The molecule has 0 atom stereocenters.